The number of hydrogen-bond acceptors (Lipinski definition) is 3. The van der Waals surface area contributed by atoms with E-state index in [1.165, 1.54) is 19.3 Å². The first kappa shape index (κ1) is 16.9. The number of nitrogens with zero attached hydrogens (tertiary/aromatic N) is 1. The maximum atomic E-state index is 9.29. The lowest BCUT2D eigenvalue weighted by molar-refractivity contribution is 0.0958. The molecular formula is C16H34N2O. The lowest BCUT2D eigenvalue weighted by Gasteiger charge is -2.41. The molecule has 0 bridgehead atoms. The predicted octanol–water partition coefficient (Wildman–Crippen LogP) is 2.35. The van der Waals surface area contributed by atoms with Gasteiger partial charge in [-0.3, -0.25) is 0 Å². The first-order chi connectivity index (χ1) is 8.99. The topological polar surface area (TPSA) is 35.5 Å². The van der Waals surface area contributed by atoms with Crippen molar-refractivity contribution in [1.29, 1.82) is 0 Å². The number of rotatable bonds is 7. The number of aliphatic hydroxyl groups excluding tert-OH is 1. The van der Waals surface area contributed by atoms with Gasteiger partial charge in [0.25, 0.3) is 0 Å². The quantitative estimate of drug-likeness (QED) is 0.745. The second-order valence-electron chi connectivity index (χ2n) is 6.71. The second-order valence-corrected chi connectivity index (χ2v) is 6.71. The number of aliphatic hydroxyl groups is 1. The monoisotopic (exact) mass is 270 g/mol. The molecule has 0 amide bonds. The Kier molecular flexibility index (Phi) is 7.33. The van der Waals surface area contributed by atoms with Gasteiger partial charge in [0.05, 0.1) is 6.61 Å². The molecule has 0 aromatic rings. The first-order valence-electron chi connectivity index (χ1n) is 8.04. The Morgan fingerprint density at radius 1 is 1.26 bits per heavy atom. The zero-order valence-electron chi connectivity index (χ0n) is 13.5. The molecule has 0 aromatic carbocycles. The summed E-state index contributed by atoms with van der Waals surface area (Å²) in [5.74, 6) is 2.39. The minimum Gasteiger partial charge on any atom is -0.395 e. The van der Waals surface area contributed by atoms with Gasteiger partial charge in [-0.15, -0.1) is 0 Å². The van der Waals surface area contributed by atoms with Crippen LogP contribution in [0.3, 0.4) is 0 Å². The minimum absolute atomic E-state index is 0.253. The second kappa shape index (κ2) is 8.23. The number of hydrogen-bond donors (Lipinski definition) is 2. The summed E-state index contributed by atoms with van der Waals surface area (Å²) >= 11 is 0. The molecule has 0 aromatic heterocycles. The van der Waals surface area contributed by atoms with Crippen LogP contribution in [0.25, 0.3) is 0 Å². The summed E-state index contributed by atoms with van der Waals surface area (Å²) in [5.41, 5.74) is 0. The fourth-order valence-electron chi connectivity index (χ4n) is 3.33. The lowest BCUT2D eigenvalue weighted by atomic mass is 9.73. The molecule has 0 saturated heterocycles. The van der Waals surface area contributed by atoms with E-state index in [9.17, 15) is 5.11 Å². The van der Waals surface area contributed by atoms with Crippen LogP contribution in [0.15, 0.2) is 0 Å². The van der Waals surface area contributed by atoms with Gasteiger partial charge in [0, 0.05) is 18.6 Å². The zero-order chi connectivity index (χ0) is 14.4. The Morgan fingerprint density at radius 2 is 1.95 bits per heavy atom. The van der Waals surface area contributed by atoms with Gasteiger partial charge in [-0.2, -0.15) is 0 Å². The molecule has 3 nitrogen and oxygen atoms in total. The van der Waals surface area contributed by atoms with Crippen LogP contribution in [0.5, 0.6) is 0 Å². The Balaban J connectivity index is 2.60. The van der Waals surface area contributed by atoms with E-state index in [1.54, 1.807) is 0 Å². The average molecular weight is 270 g/mol. The fraction of sp³-hybridized carbons (Fsp3) is 1.00. The van der Waals surface area contributed by atoms with Gasteiger partial charge in [-0.25, -0.2) is 0 Å². The van der Waals surface area contributed by atoms with Crippen molar-refractivity contribution in [3.05, 3.63) is 0 Å². The highest BCUT2D eigenvalue weighted by molar-refractivity contribution is 4.87. The van der Waals surface area contributed by atoms with Gasteiger partial charge in [-0.1, -0.05) is 20.8 Å². The van der Waals surface area contributed by atoms with Crippen LogP contribution in [-0.4, -0.2) is 48.8 Å². The molecule has 0 aliphatic heterocycles. The fourth-order valence-corrected chi connectivity index (χ4v) is 3.33. The van der Waals surface area contributed by atoms with Gasteiger partial charge < -0.3 is 15.3 Å². The van der Waals surface area contributed by atoms with Crippen LogP contribution < -0.4 is 5.32 Å². The van der Waals surface area contributed by atoms with Crippen molar-refractivity contribution in [2.75, 3.05) is 26.7 Å². The highest BCUT2D eigenvalue weighted by Crippen LogP contribution is 2.34. The van der Waals surface area contributed by atoms with Gasteiger partial charge in [0.1, 0.15) is 0 Å². The van der Waals surface area contributed by atoms with E-state index in [0.29, 0.717) is 6.04 Å². The van der Waals surface area contributed by atoms with Crippen molar-refractivity contribution in [2.24, 2.45) is 17.8 Å². The molecule has 1 aliphatic carbocycles. The Hall–Kier alpha value is -0.120. The molecule has 1 fully saturated rings. The van der Waals surface area contributed by atoms with Crippen LogP contribution in [0.2, 0.25) is 0 Å². The maximum Gasteiger partial charge on any atom is 0.0584 e. The summed E-state index contributed by atoms with van der Waals surface area (Å²) in [6, 6.07) is 0.926. The van der Waals surface area contributed by atoms with Crippen LogP contribution in [-0.2, 0) is 0 Å². The molecule has 2 N–H and O–H groups in total. The summed E-state index contributed by atoms with van der Waals surface area (Å²) in [6.45, 7) is 11.4. The minimum atomic E-state index is 0.253. The number of nitrogens with one attached hydrogen (secondary N) is 1. The van der Waals surface area contributed by atoms with Gasteiger partial charge >= 0.3 is 0 Å². The van der Waals surface area contributed by atoms with E-state index >= 15 is 0 Å². The maximum absolute atomic E-state index is 9.29. The van der Waals surface area contributed by atoms with E-state index in [1.807, 2.05) is 0 Å². The van der Waals surface area contributed by atoms with E-state index in [2.05, 4.69) is 45.0 Å². The average Bonchev–Trinajstić information content (AvgIpc) is 2.39. The van der Waals surface area contributed by atoms with Crippen LogP contribution in [0.1, 0.15) is 47.0 Å². The highest BCUT2D eigenvalue weighted by atomic mass is 16.3. The SMILES string of the molecule is CCNC1CCC(C(C)C)CC1CN(C)C(C)CO. The van der Waals surface area contributed by atoms with Crippen molar-refractivity contribution < 1.29 is 5.11 Å². The normalized spacial score (nSPS) is 30.0. The first-order valence-corrected chi connectivity index (χ1v) is 8.04. The van der Waals surface area contributed by atoms with Crippen molar-refractivity contribution in [3.8, 4) is 0 Å². The van der Waals surface area contributed by atoms with E-state index < -0.39 is 0 Å². The molecule has 0 radical (unpaired) electrons. The predicted molar refractivity (Wildman–Crippen MR) is 82.3 cm³/mol. The van der Waals surface area contributed by atoms with Crippen molar-refractivity contribution >= 4 is 0 Å². The van der Waals surface area contributed by atoms with E-state index in [-0.39, 0.29) is 12.6 Å². The Bertz CT molecular complexity index is 245. The standard InChI is InChI=1S/C16H34N2O/c1-6-17-16-8-7-14(12(2)3)9-15(16)10-18(5)13(4)11-19/h12-17,19H,6-11H2,1-5H3. The largest absolute Gasteiger partial charge is 0.395 e. The van der Waals surface area contributed by atoms with Crippen molar-refractivity contribution in [2.45, 2.75) is 59.0 Å². The lowest BCUT2D eigenvalue weighted by Crippen LogP contribution is -2.47. The van der Waals surface area contributed by atoms with Gasteiger partial charge in [0.15, 0.2) is 0 Å². The Labute approximate surface area is 119 Å². The molecule has 1 saturated carbocycles. The summed E-state index contributed by atoms with van der Waals surface area (Å²) < 4.78 is 0. The molecular weight excluding hydrogens is 236 g/mol. The molecule has 3 heteroatoms. The molecule has 1 aliphatic rings. The Morgan fingerprint density at radius 3 is 2.47 bits per heavy atom. The van der Waals surface area contributed by atoms with Gasteiger partial charge in [0.2, 0.25) is 0 Å². The summed E-state index contributed by atoms with van der Waals surface area (Å²) in [4.78, 5) is 2.32. The molecule has 0 heterocycles. The number of likely N-dealkylation sites (N-methyl/N-ethyl adjacent to an activating group) is 1. The van der Waals surface area contributed by atoms with Crippen LogP contribution in [0.4, 0.5) is 0 Å². The molecule has 4 atom stereocenters. The van der Waals surface area contributed by atoms with Gasteiger partial charge in [-0.05, 0) is 57.5 Å². The summed E-state index contributed by atoms with van der Waals surface area (Å²) in [6.07, 6.45) is 4.01. The van der Waals surface area contributed by atoms with E-state index in [0.717, 1.165) is 30.8 Å². The molecule has 0 spiro atoms. The van der Waals surface area contributed by atoms with Crippen molar-refractivity contribution in [3.63, 3.8) is 0 Å². The summed E-state index contributed by atoms with van der Waals surface area (Å²) in [5, 5.41) is 13.0. The molecule has 19 heavy (non-hydrogen) atoms. The van der Waals surface area contributed by atoms with Crippen LogP contribution in [0, 0.1) is 17.8 Å². The third kappa shape index (κ3) is 5.05. The van der Waals surface area contributed by atoms with Crippen LogP contribution >= 0.6 is 0 Å². The zero-order valence-corrected chi connectivity index (χ0v) is 13.5. The molecule has 4 unspecified atom stereocenters. The molecule has 1 rings (SSSR count). The smallest absolute Gasteiger partial charge is 0.0584 e. The highest BCUT2D eigenvalue weighted by Gasteiger charge is 2.32. The molecule has 114 valence electrons. The third-order valence-corrected chi connectivity index (χ3v) is 4.97. The van der Waals surface area contributed by atoms with Crippen molar-refractivity contribution in [1.82, 2.24) is 10.2 Å². The summed E-state index contributed by atoms with van der Waals surface area (Å²) in [7, 11) is 2.14. The van der Waals surface area contributed by atoms with E-state index in [4.69, 9.17) is 0 Å². The third-order valence-electron chi connectivity index (χ3n) is 4.97.